The number of rotatable bonds is 8. The van der Waals surface area contributed by atoms with Gasteiger partial charge in [0.15, 0.2) is 5.16 Å². The van der Waals surface area contributed by atoms with E-state index >= 15 is 0 Å². The maximum absolute atomic E-state index is 5.85. The molecule has 3 aromatic rings. The summed E-state index contributed by atoms with van der Waals surface area (Å²) in [7, 11) is 0. The van der Waals surface area contributed by atoms with E-state index in [1.165, 1.54) is 4.88 Å². The van der Waals surface area contributed by atoms with Gasteiger partial charge in [0.25, 0.3) is 0 Å². The minimum atomic E-state index is 0.615. The molecule has 2 heterocycles. The van der Waals surface area contributed by atoms with Crippen molar-refractivity contribution in [3.05, 3.63) is 58.0 Å². The lowest BCUT2D eigenvalue weighted by Gasteiger charge is -2.07. The zero-order valence-electron chi connectivity index (χ0n) is 12.4. The molecule has 0 spiro atoms. The highest BCUT2D eigenvalue weighted by atomic mass is 35.5. The van der Waals surface area contributed by atoms with Crippen LogP contribution < -0.4 is 4.74 Å². The number of halogens is 1. The van der Waals surface area contributed by atoms with Gasteiger partial charge in [0.2, 0.25) is 0 Å². The summed E-state index contributed by atoms with van der Waals surface area (Å²) in [6.07, 6.45) is 2.79. The largest absolute Gasteiger partial charge is 0.493 e. The Morgan fingerprint density at radius 2 is 2.09 bits per heavy atom. The van der Waals surface area contributed by atoms with Crippen LogP contribution in [0.5, 0.6) is 5.75 Å². The van der Waals surface area contributed by atoms with E-state index < -0.39 is 0 Å². The van der Waals surface area contributed by atoms with E-state index in [0.29, 0.717) is 11.6 Å². The fourth-order valence-electron chi connectivity index (χ4n) is 2.02. The van der Waals surface area contributed by atoms with Crippen molar-refractivity contribution in [3.8, 4) is 5.75 Å². The standard InChI is InChI=1S/C16H16ClN3OS2/c17-13-3-5-14(6-4-13)21-9-11-23-16-19-18-12-20(16)8-7-15-2-1-10-22-15/h1-6,10,12H,7-9,11H2. The molecule has 120 valence electrons. The van der Waals surface area contributed by atoms with Crippen molar-refractivity contribution in [2.45, 2.75) is 18.1 Å². The van der Waals surface area contributed by atoms with Gasteiger partial charge < -0.3 is 9.30 Å². The van der Waals surface area contributed by atoms with Crippen LogP contribution >= 0.6 is 34.7 Å². The third-order valence-corrected chi connectivity index (χ3v) is 5.29. The molecule has 23 heavy (non-hydrogen) atoms. The van der Waals surface area contributed by atoms with Crippen molar-refractivity contribution < 1.29 is 4.74 Å². The first-order valence-electron chi connectivity index (χ1n) is 7.22. The summed E-state index contributed by atoms with van der Waals surface area (Å²) in [5.41, 5.74) is 0. The number of aromatic nitrogens is 3. The van der Waals surface area contributed by atoms with E-state index in [9.17, 15) is 0 Å². The molecule has 0 bridgehead atoms. The summed E-state index contributed by atoms with van der Waals surface area (Å²) in [6, 6.07) is 11.6. The van der Waals surface area contributed by atoms with Gasteiger partial charge in [0.1, 0.15) is 12.1 Å². The third kappa shape index (κ3) is 4.99. The Labute approximate surface area is 148 Å². The number of benzene rings is 1. The fourth-order valence-corrected chi connectivity index (χ4v) is 3.60. The molecule has 1 aromatic carbocycles. The number of nitrogens with zero attached hydrogens (tertiary/aromatic N) is 3. The Balaban J connectivity index is 1.43. The van der Waals surface area contributed by atoms with E-state index in [0.717, 1.165) is 29.6 Å². The molecule has 2 aromatic heterocycles. The summed E-state index contributed by atoms with van der Waals surface area (Å²) in [5, 5.41) is 11.9. The average Bonchev–Trinajstić information content (AvgIpc) is 3.23. The predicted molar refractivity (Wildman–Crippen MR) is 95.7 cm³/mol. The lowest BCUT2D eigenvalue weighted by atomic mass is 10.3. The molecule has 0 aliphatic heterocycles. The molecule has 0 N–H and O–H groups in total. The average molecular weight is 366 g/mol. The molecule has 0 radical (unpaired) electrons. The third-order valence-electron chi connectivity index (χ3n) is 3.16. The van der Waals surface area contributed by atoms with Crippen LogP contribution in [-0.4, -0.2) is 27.1 Å². The monoisotopic (exact) mass is 365 g/mol. The Hall–Kier alpha value is -1.50. The van der Waals surface area contributed by atoms with Crippen LogP contribution in [0.1, 0.15) is 4.88 Å². The zero-order chi connectivity index (χ0) is 15.9. The van der Waals surface area contributed by atoms with Gasteiger partial charge in [-0.1, -0.05) is 29.4 Å². The van der Waals surface area contributed by atoms with Gasteiger partial charge >= 0.3 is 0 Å². The van der Waals surface area contributed by atoms with E-state index in [4.69, 9.17) is 16.3 Å². The molecule has 0 saturated carbocycles. The van der Waals surface area contributed by atoms with Crippen LogP contribution in [0, 0.1) is 0 Å². The summed E-state index contributed by atoms with van der Waals surface area (Å²) in [6.45, 7) is 1.51. The summed E-state index contributed by atoms with van der Waals surface area (Å²) >= 11 is 9.28. The van der Waals surface area contributed by atoms with E-state index in [1.54, 1.807) is 29.4 Å². The first-order chi connectivity index (χ1) is 11.3. The van der Waals surface area contributed by atoms with E-state index in [2.05, 4.69) is 32.3 Å². The smallest absolute Gasteiger partial charge is 0.191 e. The van der Waals surface area contributed by atoms with Gasteiger partial charge in [-0.05, 0) is 42.1 Å². The quantitative estimate of drug-likeness (QED) is 0.438. The molecule has 0 saturated heterocycles. The van der Waals surface area contributed by atoms with Crippen LogP contribution in [0.25, 0.3) is 0 Å². The molecule has 4 nitrogen and oxygen atoms in total. The van der Waals surface area contributed by atoms with Gasteiger partial charge in [0.05, 0.1) is 6.61 Å². The molecular weight excluding hydrogens is 350 g/mol. The number of thiophene rings is 1. The summed E-state index contributed by atoms with van der Waals surface area (Å²) in [4.78, 5) is 1.38. The Bertz CT molecular complexity index is 713. The second-order valence-electron chi connectivity index (χ2n) is 4.79. The Kier molecular flexibility index (Phi) is 5.96. The second-order valence-corrected chi connectivity index (χ2v) is 7.32. The van der Waals surface area contributed by atoms with Gasteiger partial charge in [-0.3, -0.25) is 0 Å². The number of hydrogen-bond donors (Lipinski definition) is 0. The van der Waals surface area contributed by atoms with Crippen molar-refractivity contribution in [3.63, 3.8) is 0 Å². The topological polar surface area (TPSA) is 39.9 Å². The van der Waals surface area contributed by atoms with E-state index in [1.807, 2.05) is 24.3 Å². The Morgan fingerprint density at radius 3 is 2.87 bits per heavy atom. The van der Waals surface area contributed by atoms with E-state index in [-0.39, 0.29) is 0 Å². The highest BCUT2D eigenvalue weighted by Crippen LogP contribution is 2.18. The van der Waals surface area contributed by atoms with Crippen LogP contribution in [0.3, 0.4) is 0 Å². The van der Waals surface area contributed by atoms with Crippen LogP contribution in [0.2, 0.25) is 5.02 Å². The Morgan fingerprint density at radius 1 is 1.22 bits per heavy atom. The number of ether oxygens (including phenoxy) is 1. The number of thioether (sulfide) groups is 1. The van der Waals surface area contributed by atoms with Crippen LogP contribution in [0.15, 0.2) is 53.3 Å². The van der Waals surface area contributed by atoms with Crippen molar-refractivity contribution in [1.82, 2.24) is 14.8 Å². The number of aryl methyl sites for hydroxylation is 2. The molecule has 0 aliphatic rings. The lowest BCUT2D eigenvalue weighted by Crippen LogP contribution is -2.04. The van der Waals surface area contributed by atoms with Crippen molar-refractivity contribution in [2.24, 2.45) is 0 Å². The maximum Gasteiger partial charge on any atom is 0.191 e. The lowest BCUT2D eigenvalue weighted by molar-refractivity contribution is 0.344. The summed E-state index contributed by atoms with van der Waals surface area (Å²) < 4.78 is 7.77. The van der Waals surface area contributed by atoms with Crippen LogP contribution in [-0.2, 0) is 13.0 Å². The molecule has 7 heteroatoms. The first kappa shape index (κ1) is 16.4. The highest BCUT2D eigenvalue weighted by Gasteiger charge is 2.06. The van der Waals surface area contributed by atoms with Gasteiger partial charge in [-0.15, -0.1) is 21.5 Å². The normalized spacial score (nSPS) is 10.8. The molecule has 0 fully saturated rings. The molecule has 0 amide bonds. The maximum atomic E-state index is 5.85. The first-order valence-corrected chi connectivity index (χ1v) is 9.47. The molecule has 0 atom stereocenters. The fraction of sp³-hybridized carbons (Fsp3) is 0.250. The molecule has 3 rings (SSSR count). The minimum Gasteiger partial charge on any atom is -0.493 e. The highest BCUT2D eigenvalue weighted by molar-refractivity contribution is 7.99. The molecular formula is C16H16ClN3OS2. The van der Waals surface area contributed by atoms with Gasteiger partial charge in [0, 0.05) is 22.2 Å². The predicted octanol–water partition coefficient (Wildman–Crippen LogP) is 4.41. The molecule has 0 unspecified atom stereocenters. The zero-order valence-corrected chi connectivity index (χ0v) is 14.8. The molecule has 0 aliphatic carbocycles. The van der Waals surface area contributed by atoms with Gasteiger partial charge in [-0.25, -0.2) is 0 Å². The van der Waals surface area contributed by atoms with Crippen molar-refractivity contribution in [1.29, 1.82) is 0 Å². The van der Waals surface area contributed by atoms with Crippen LogP contribution in [0.4, 0.5) is 0 Å². The second kappa shape index (κ2) is 8.38. The number of hydrogen-bond acceptors (Lipinski definition) is 5. The summed E-state index contributed by atoms with van der Waals surface area (Å²) in [5.74, 6) is 1.65. The minimum absolute atomic E-state index is 0.615. The van der Waals surface area contributed by atoms with Gasteiger partial charge in [-0.2, -0.15) is 0 Å². The SMILES string of the molecule is Clc1ccc(OCCSc2nncn2CCc2cccs2)cc1. The van der Waals surface area contributed by atoms with Crippen molar-refractivity contribution in [2.75, 3.05) is 12.4 Å². The van der Waals surface area contributed by atoms with Crippen molar-refractivity contribution >= 4 is 34.7 Å².